The Morgan fingerprint density at radius 2 is 1.31 bits per heavy atom. The number of ether oxygens (including phenoxy) is 2. The molecule has 0 aromatic carbocycles. The molecule has 8 atom stereocenters. The van der Waals surface area contributed by atoms with Crippen LogP contribution < -0.4 is 5.32 Å². The summed E-state index contributed by atoms with van der Waals surface area (Å²) in [6.45, 7) is 5.58. The maximum atomic E-state index is 13.0. The lowest BCUT2D eigenvalue weighted by Crippen LogP contribution is -2.60. The second kappa shape index (κ2) is 30.8. The molecule has 6 unspecified atom stereocenters. The zero-order chi connectivity index (χ0) is 37.7. The summed E-state index contributed by atoms with van der Waals surface area (Å²) in [7, 11) is 0. The second-order valence-electron chi connectivity index (χ2n) is 14.4. The Morgan fingerprint density at radius 3 is 1.90 bits per heavy atom. The van der Waals surface area contributed by atoms with E-state index in [9.17, 15) is 35.4 Å². The fraction of sp³-hybridized carbons (Fsp3) is 0.829. The molecule has 0 aromatic heterocycles. The van der Waals surface area contributed by atoms with Gasteiger partial charge in [-0.3, -0.25) is 4.79 Å². The van der Waals surface area contributed by atoms with Gasteiger partial charge in [0.15, 0.2) is 6.29 Å². The van der Waals surface area contributed by atoms with E-state index in [4.69, 9.17) is 9.47 Å². The van der Waals surface area contributed by atoms with E-state index in [1.165, 1.54) is 89.0 Å². The standard InChI is InChI=1S/C41H75NO9/c1-4-6-8-10-12-13-14-15-16-18-20-24-29-35(45)40(49)42-33(31-50-41-39(48)38(47)37(46)36(30-43)51-41)34(44)28-25-21-23-27-32(3)26-22-19-17-11-9-7-5-2/h22,25-28,33-39,41,43-48H,4-21,23-24,29-31H2,1-3H3,(H,42,49)/b26-22+,28-25+,32-27+/t33?,34-,35-,36?,37?,38?,39?,41?/m1/s1. The molecule has 1 aliphatic rings. The topological polar surface area (TPSA) is 169 Å². The number of amides is 1. The summed E-state index contributed by atoms with van der Waals surface area (Å²) in [5, 5.41) is 64.4. The van der Waals surface area contributed by atoms with Crippen molar-refractivity contribution in [1.82, 2.24) is 5.32 Å². The first-order valence-corrected chi connectivity index (χ1v) is 20.2. The minimum atomic E-state index is -1.62. The van der Waals surface area contributed by atoms with Crippen molar-refractivity contribution >= 4 is 5.91 Å². The molecule has 1 heterocycles. The van der Waals surface area contributed by atoms with Gasteiger partial charge >= 0.3 is 0 Å². The highest BCUT2D eigenvalue weighted by atomic mass is 16.7. The lowest BCUT2D eigenvalue weighted by Gasteiger charge is -2.40. The van der Waals surface area contributed by atoms with Gasteiger partial charge in [0.25, 0.3) is 0 Å². The Balaban J connectivity index is 2.62. The van der Waals surface area contributed by atoms with Crippen molar-refractivity contribution in [3.8, 4) is 0 Å². The lowest BCUT2D eigenvalue weighted by atomic mass is 9.99. The predicted molar refractivity (Wildman–Crippen MR) is 204 cm³/mol. The Morgan fingerprint density at radius 1 is 0.745 bits per heavy atom. The zero-order valence-corrected chi connectivity index (χ0v) is 32.2. The van der Waals surface area contributed by atoms with Crippen molar-refractivity contribution in [2.75, 3.05) is 13.2 Å². The molecule has 1 saturated heterocycles. The molecule has 0 spiro atoms. The summed E-state index contributed by atoms with van der Waals surface area (Å²) < 4.78 is 11.1. The van der Waals surface area contributed by atoms with Crippen LogP contribution in [0.2, 0.25) is 0 Å². The monoisotopic (exact) mass is 726 g/mol. The molecule has 1 rings (SSSR count). The van der Waals surface area contributed by atoms with E-state index in [-0.39, 0.29) is 6.61 Å². The number of aliphatic hydroxyl groups excluding tert-OH is 6. The van der Waals surface area contributed by atoms with Gasteiger partial charge in [-0.25, -0.2) is 0 Å². The maximum Gasteiger partial charge on any atom is 0.249 e. The normalized spacial score (nSPS) is 23.2. The van der Waals surface area contributed by atoms with Crippen LogP contribution in [0, 0.1) is 0 Å². The highest BCUT2D eigenvalue weighted by molar-refractivity contribution is 5.80. The Hall–Kier alpha value is -1.63. The van der Waals surface area contributed by atoms with Gasteiger partial charge in [0, 0.05) is 0 Å². The molecule has 1 amide bonds. The van der Waals surface area contributed by atoms with E-state index in [1.807, 2.05) is 6.08 Å². The molecule has 0 aromatic rings. The number of allylic oxidation sites excluding steroid dienone is 5. The summed E-state index contributed by atoms with van der Waals surface area (Å²) in [5.41, 5.74) is 1.18. The first kappa shape index (κ1) is 47.4. The molecule has 298 valence electrons. The molecule has 10 heteroatoms. The summed E-state index contributed by atoms with van der Waals surface area (Å²) >= 11 is 0. The highest BCUT2D eigenvalue weighted by Crippen LogP contribution is 2.22. The first-order chi connectivity index (χ1) is 24.7. The minimum absolute atomic E-state index is 0.300. The van der Waals surface area contributed by atoms with Gasteiger partial charge < -0.3 is 45.4 Å². The quantitative estimate of drug-likeness (QED) is 0.0246. The van der Waals surface area contributed by atoms with Crippen LogP contribution >= 0.6 is 0 Å². The number of aliphatic hydroxyl groups is 6. The van der Waals surface area contributed by atoms with Crippen molar-refractivity contribution in [3.63, 3.8) is 0 Å². The number of unbranched alkanes of at least 4 members (excludes halogenated alkanes) is 17. The second-order valence-corrected chi connectivity index (χ2v) is 14.4. The molecule has 0 radical (unpaired) electrons. The van der Waals surface area contributed by atoms with Crippen LogP contribution in [0.1, 0.15) is 156 Å². The van der Waals surface area contributed by atoms with E-state index in [0.29, 0.717) is 19.3 Å². The van der Waals surface area contributed by atoms with Crippen molar-refractivity contribution < 1.29 is 44.9 Å². The molecule has 0 bridgehead atoms. The average Bonchev–Trinajstić information content (AvgIpc) is 3.12. The largest absolute Gasteiger partial charge is 0.394 e. The molecular weight excluding hydrogens is 650 g/mol. The molecule has 1 aliphatic heterocycles. The smallest absolute Gasteiger partial charge is 0.249 e. The van der Waals surface area contributed by atoms with Crippen LogP contribution in [0.15, 0.2) is 36.0 Å². The van der Waals surface area contributed by atoms with Gasteiger partial charge in [-0.15, -0.1) is 0 Å². The zero-order valence-electron chi connectivity index (χ0n) is 32.2. The van der Waals surface area contributed by atoms with Gasteiger partial charge in [0.2, 0.25) is 5.91 Å². The van der Waals surface area contributed by atoms with Crippen LogP contribution in [-0.2, 0) is 14.3 Å². The first-order valence-electron chi connectivity index (χ1n) is 20.2. The maximum absolute atomic E-state index is 13.0. The van der Waals surface area contributed by atoms with Crippen LogP contribution in [0.4, 0.5) is 0 Å². The number of hydrogen-bond acceptors (Lipinski definition) is 9. The van der Waals surface area contributed by atoms with E-state index in [1.54, 1.807) is 6.08 Å². The Kier molecular flexibility index (Phi) is 28.6. The molecule has 7 N–H and O–H groups in total. The number of carbonyl (C=O) groups is 1. The van der Waals surface area contributed by atoms with Crippen molar-refractivity contribution in [3.05, 3.63) is 36.0 Å². The third-order valence-corrected chi connectivity index (χ3v) is 9.65. The van der Waals surface area contributed by atoms with Gasteiger partial charge in [-0.05, 0) is 39.0 Å². The van der Waals surface area contributed by atoms with Crippen molar-refractivity contribution in [1.29, 1.82) is 0 Å². The predicted octanol–water partition coefficient (Wildman–Crippen LogP) is 6.30. The summed E-state index contributed by atoms with van der Waals surface area (Å²) in [6.07, 6.45) is 23.4. The van der Waals surface area contributed by atoms with Crippen molar-refractivity contribution in [2.24, 2.45) is 0 Å². The third kappa shape index (κ3) is 22.2. The van der Waals surface area contributed by atoms with Gasteiger partial charge in [0.05, 0.1) is 25.4 Å². The SMILES string of the molecule is CCCCCCC/C=C/C(C)=C/CC/C=C/[C@@H](O)C(COC1OC(CO)C(O)C(O)C1O)NC(=O)[C@H](O)CCCCCCCCCCCCCC. The van der Waals surface area contributed by atoms with Gasteiger partial charge in [-0.1, -0.05) is 153 Å². The van der Waals surface area contributed by atoms with Crippen LogP contribution in [0.25, 0.3) is 0 Å². The summed E-state index contributed by atoms with van der Waals surface area (Å²) in [6, 6.07) is -1.00. The fourth-order valence-electron chi connectivity index (χ4n) is 6.20. The molecule has 1 fully saturated rings. The Bertz CT molecular complexity index is 940. The number of rotatable bonds is 31. The highest BCUT2D eigenvalue weighted by Gasteiger charge is 2.44. The van der Waals surface area contributed by atoms with Gasteiger partial charge in [-0.2, -0.15) is 0 Å². The molecule has 0 aliphatic carbocycles. The van der Waals surface area contributed by atoms with Crippen LogP contribution in [0.3, 0.4) is 0 Å². The van der Waals surface area contributed by atoms with E-state index in [0.717, 1.165) is 32.1 Å². The summed E-state index contributed by atoms with van der Waals surface area (Å²) in [4.78, 5) is 13.0. The number of carbonyl (C=O) groups excluding carboxylic acids is 1. The third-order valence-electron chi connectivity index (χ3n) is 9.65. The minimum Gasteiger partial charge on any atom is -0.394 e. The van der Waals surface area contributed by atoms with E-state index >= 15 is 0 Å². The van der Waals surface area contributed by atoms with Crippen molar-refractivity contribution in [2.45, 2.75) is 205 Å². The number of hydrogen-bond donors (Lipinski definition) is 7. The van der Waals surface area contributed by atoms with Gasteiger partial charge in [0.1, 0.15) is 30.5 Å². The van der Waals surface area contributed by atoms with Crippen LogP contribution in [0.5, 0.6) is 0 Å². The summed E-state index contributed by atoms with van der Waals surface area (Å²) in [5.74, 6) is -0.636. The molecule has 51 heavy (non-hydrogen) atoms. The molecular formula is C41H75NO9. The molecule has 10 nitrogen and oxygen atoms in total. The lowest BCUT2D eigenvalue weighted by molar-refractivity contribution is -0.302. The van der Waals surface area contributed by atoms with E-state index < -0.39 is 61.5 Å². The van der Waals surface area contributed by atoms with Crippen LogP contribution in [-0.4, -0.2) is 98.7 Å². The fourth-order valence-corrected chi connectivity index (χ4v) is 6.20. The number of nitrogens with one attached hydrogen (secondary N) is 1. The van der Waals surface area contributed by atoms with E-state index in [2.05, 4.69) is 44.3 Å². The molecule has 0 saturated carbocycles. The average molecular weight is 726 g/mol. The Labute approximate surface area is 309 Å².